The molecule has 4 nitrogen and oxygen atoms in total. The highest BCUT2D eigenvalue weighted by atomic mass is 19.1. The molecule has 0 spiro atoms. The van der Waals surface area contributed by atoms with Gasteiger partial charge < -0.3 is 10.3 Å². The fourth-order valence-corrected chi connectivity index (χ4v) is 1.18. The van der Waals surface area contributed by atoms with Crippen LogP contribution in [0.25, 0.3) is 0 Å². The van der Waals surface area contributed by atoms with Gasteiger partial charge in [-0.25, -0.2) is 4.39 Å². The van der Waals surface area contributed by atoms with Crippen LogP contribution in [-0.2, 0) is 0 Å². The molecule has 0 aliphatic heterocycles. The number of hydrogen-bond donors (Lipinski definition) is 1. The molecule has 104 valence electrons. The zero-order chi connectivity index (χ0) is 13.9. The van der Waals surface area contributed by atoms with Crippen LogP contribution >= 0.6 is 0 Å². The van der Waals surface area contributed by atoms with Crippen molar-refractivity contribution < 1.29 is 8.91 Å². The third-order valence-corrected chi connectivity index (χ3v) is 2.40. The molecule has 1 aromatic rings. The maximum atomic E-state index is 11.7. The molecule has 0 amide bonds. The Morgan fingerprint density at radius 3 is 2.22 bits per heavy atom. The van der Waals surface area contributed by atoms with Gasteiger partial charge >= 0.3 is 0 Å². The smallest absolute Gasteiger partial charge is 0.243 e. The van der Waals surface area contributed by atoms with Gasteiger partial charge in [0.1, 0.15) is 5.67 Å². The number of alkyl halides is 1. The molecule has 0 saturated heterocycles. The molecule has 5 heteroatoms. The Morgan fingerprint density at radius 2 is 1.83 bits per heavy atom. The summed E-state index contributed by atoms with van der Waals surface area (Å²) in [4.78, 5) is 4.29. The van der Waals surface area contributed by atoms with E-state index >= 15 is 0 Å². The molecule has 1 heterocycles. The summed E-state index contributed by atoms with van der Waals surface area (Å²) in [5.74, 6) is 2.30. The lowest BCUT2D eigenvalue weighted by atomic mass is 10.1. The van der Waals surface area contributed by atoms with Gasteiger partial charge in [-0.15, -0.1) is 0 Å². The summed E-state index contributed by atoms with van der Waals surface area (Å²) in [5, 5.41) is 3.92. The predicted octanol–water partition coefficient (Wildman–Crippen LogP) is 3.36. The van der Waals surface area contributed by atoms with Crippen molar-refractivity contribution in [2.75, 3.05) is 0 Å². The van der Waals surface area contributed by atoms with Crippen LogP contribution in [0.3, 0.4) is 0 Å². The Hall–Kier alpha value is -0.970. The minimum absolute atomic E-state index is 0.125. The van der Waals surface area contributed by atoms with Gasteiger partial charge in [-0.3, -0.25) is 0 Å². The minimum Gasteiger partial charge on any atom is -0.338 e. The highest BCUT2D eigenvalue weighted by Crippen LogP contribution is 2.38. The van der Waals surface area contributed by atoms with Gasteiger partial charge in [-0.05, 0) is 39.5 Å². The van der Waals surface area contributed by atoms with Crippen LogP contribution in [-0.4, -0.2) is 15.8 Å². The van der Waals surface area contributed by atoms with Crippen molar-refractivity contribution in [2.24, 2.45) is 11.7 Å². The van der Waals surface area contributed by atoms with Crippen molar-refractivity contribution in [3.63, 3.8) is 0 Å². The van der Waals surface area contributed by atoms with Gasteiger partial charge in [0.15, 0.2) is 5.82 Å². The van der Waals surface area contributed by atoms with Crippen molar-refractivity contribution in [1.29, 1.82) is 0 Å². The molecule has 0 aromatic carbocycles. The Balaban J connectivity index is 0.000000280. The van der Waals surface area contributed by atoms with Gasteiger partial charge in [-0.2, -0.15) is 4.98 Å². The fourth-order valence-electron chi connectivity index (χ4n) is 1.18. The highest BCUT2D eigenvalue weighted by Gasteiger charge is 2.30. The molecule has 0 unspecified atom stereocenters. The zero-order valence-corrected chi connectivity index (χ0v) is 11.9. The molecule has 2 N–H and O–H groups in total. The minimum atomic E-state index is -1.00. The molecule has 2 rings (SSSR count). The quantitative estimate of drug-likeness (QED) is 0.901. The van der Waals surface area contributed by atoms with Crippen LogP contribution in [0.15, 0.2) is 4.52 Å². The standard InChI is InChI=1S/C9H15N3O.C4H9F/c1-5(2)7(10)9-11-8(12-13-9)6-3-4-6;1-4(2,3)5/h5-7H,3-4,10H2,1-2H3;1-3H3/t7-;/m0./s1. The Kier molecular flexibility index (Phi) is 4.85. The molecule has 1 fully saturated rings. The zero-order valence-electron chi connectivity index (χ0n) is 11.9. The lowest BCUT2D eigenvalue weighted by Gasteiger charge is -2.09. The summed E-state index contributed by atoms with van der Waals surface area (Å²) in [5.41, 5.74) is 4.88. The number of nitrogens with zero attached hydrogens (tertiary/aromatic N) is 2. The average molecular weight is 257 g/mol. The van der Waals surface area contributed by atoms with Gasteiger partial charge in [0.2, 0.25) is 5.89 Å². The van der Waals surface area contributed by atoms with Crippen LogP contribution in [0.1, 0.15) is 71.1 Å². The second-order valence-electron chi connectivity index (χ2n) is 6.10. The van der Waals surface area contributed by atoms with E-state index in [4.69, 9.17) is 10.3 Å². The van der Waals surface area contributed by atoms with E-state index < -0.39 is 5.67 Å². The molecule has 1 aromatic heterocycles. The first-order chi connectivity index (χ1) is 8.18. The topological polar surface area (TPSA) is 64.9 Å². The van der Waals surface area contributed by atoms with E-state index in [0.717, 1.165) is 5.82 Å². The summed E-state index contributed by atoms with van der Waals surface area (Å²) in [6.07, 6.45) is 2.38. The van der Waals surface area contributed by atoms with E-state index in [9.17, 15) is 4.39 Å². The number of aromatic nitrogens is 2. The summed E-state index contributed by atoms with van der Waals surface area (Å²) in [7, 11) is 0. The van der Waals surface area contributed by atoms with Gasteiger partial charge in [0.25, 0.3) is 0 Å². The molecule has 1 saturated carbocycles. The monoisotopic (exact) mass is 257 g/mol. The van der Waals surface area contributed by atoms with Crippen LogP contribution in [0.4, 0.5) is 4.39 Å². The third-order valence-electron chi connectivity index (χ3n) is 2.40. The highest BCUT2D eigenvalue weighted by molar-refractivity contribution is 5.04. The largest absolute Gasteiger partial charge is 0.338 e. The molecule has 1 aliphatic rings. The molecule has 0 bridgehead atoms. The summed E-state index contributed by atoms with van der Waals surface area (Å²) in [6, 6.07) is -0.125. The number of halogens is 1. The summed E-state index contributed by atoms with van der Waals surface area (Å²) >= 11 is 0. The van der Waals surface area contributed by atoms with Crippen molar-refractivity contribution in [2.45, 2.75) is 65.1 Å². The summed E-state index contributed by atoms with van der Waals surface area (Å²) in [6.45, 7) is 8.66. The molecule has 18 heavy (non-hydrogen) atoms. The first-order valence-electron chi connectivity index (χ1n) is 6.46. The van der Waals surface area contributed by atoms with Crippen LogP contribution < -0.4 is 5.73 Å². The van der Waals surface area contributed by atoms with E-state index in [0.29, 0.717) is 17.7 Å². The first-order valence-corrected chi connectivity index (χ1v) is 6.46. The van der Waals surface area contributed by atoms with E-state index in [1.807, 2.05) is 13.8 Å². The van der Waals surface area contributed by atoms with Gasteiger partial charge in [0, 0.05) is 5.92 Å². The maximum absolute atomic E-state index is 11.7. The lowest BCUT2D eigenvalue weighted by Crippen LogP contribution is -2.17. The van der Waals surface area contributed by atoms with Gasteiger partial charge in [0.05, 0.1) is 6.04 Å². The van der Waals surface area contributed by atoms with E-state index in [1.165, 1.54) is 33.6 Å². The third kappa shape index (κ3) is 5.58. The Morgan fingerprint density at radius 1 is 1.33 bits per heavy atom. The number of hydrogen-bond acceptors (Lipinski definition) is 4. The molecular weight excluding hydrogens is 233 g/mol. The van der Waals surface area contributed by atoms with Crippen molar-refractivity contribution >= 4 is 0 Å². The molecule has 0 radical (unpaired) electrons. The fraction of sp³-hybridized carbons (Fsp3) is 0.846. The van der Waals surface area contributed by atoms with Crippen LogP contribution in [0.5, 0.6) is 0 Å². The average Bonchev–Trinajstić information content (AvgIpc) is 2.93. The van der Waals surface area contributed by atoms with Gasteiger partial charge in [-0.1, -0.05) is 19.0 Å². The van der Waals surface area contributed by atoms with E-state index in [1.54, 1.807) is 0 Å². The normalized spacial score (nSPS) is 17.3. The van der Waals surface area contributed by atoms with E-state index in [2.05, 4.69) is 10.1 Å². The predicted molar refractivity (Wildman–Crippen MR) is 68.9 cm³/mol. The number of nitrogens with two attached hydrogens (primary N) is 1. The SMILES string of the molecule is CC(C)(C)F.CC(C)[C@H](N)c1nc(C2CC2)no1. The van der Waals surface area contributed by atoms with Crippen molar-refractivity contribution in [3.8, 4) is 0 Å². The van der Waals surface area contributed by atoms with E-state index in [-0.39, 0.29) is 6.04 Å². The lowest BCUT2D eigenvalue weighted by molar-refractivity contribution is 0.246. The van der Waals surface area contributed by atoms with Crippen LogP contribution in [0, 0.1) is 5.92 Å². The second kappa shape index (κ2) is 5.78. The molecule has 1 aliphatic carbocycles. The first kappa shape index (κ1) is 15.1. The number of rotatable bonds is 3. The second-order valence-corrected chi connectivity index (χ2v) is 6.10. The van der Waals surface area contributed by atoms with Crippen LogP contribution in [0.2, 0.25) is 0 Å². The molecular formula is C13H24FN3O. The Bertz CT molecular complexity index is 361. The van der Waals surface area contributed by atoms with Crippen molar-refractivity contribution in [3.05, 3.63) is 11.7 Å². The molecule has 1 atom stereocenters. The summed E-state index contributed by atoms with van der Waals surface area (Å²) < 4.78 is 16.8. The Labute approximate surface area is 108 Å². The van der Waals surface area contributed by atoms with Crippen molar-refractivity contribution in [1.82, 2.24) is 10.1 Å². The maximum Gasteiger partial charge on any atom is 0.243 e.